The molecule has 0 fully saturated rings. The average Bonchev–Trinajstić information content (AvgIpc) is 3.01. The van der Waals surface area contributed by atoms with E-state index in [9.17, 15) is 14.3 Å². The SMILES string of the molecule is C=CC(=O)C(CO)c1c(-c2ccc(F)cc2)nn(-c2ccccc2)c1Cl. The molecule has 4 nitrogen and oxygen atoms in total. The molecule has 6 heteroatoms. The van der Waals surface area contributed by atoms with Gasteiger partial charge in [0.2, 0.25) is 0 Å². The van der Waals surface area contributed by atoms with Gasteiger partial charge in [-0.15, -0.1) is 0 Å². The molecule has 0 saturated carbocycles. The first-order chi connectivity index (χ1) is 12.6. The molecule has 0 saturated heterocycles. The minimum atomic E-state index is -0.905. The molecule has 1 N–H and O–H groups in total. The first-order valence-corrected chi connectivity index (χ1v) is 8.31. The molecule has 0 aliphatic heterocycles. The molecule has 0 aliphatic carbocycles. The van der Waals surface area contributed by atoms with E-state index >= 15 is 0 Å². The highest BCUT2D eigenvalue weighted by Gasteiger charge is 2.29. The number of nitrogens with zero attached hydrogens (tertiary/aromatic N) is 2. The summed E-state index contributed by atoms with van der Waals surface area (Å²) in [5.74, 6) is -1.66. The Morgan fingerprint density at radius 2 is 1.88 bits per heavy atom. The van der Waals surface area contributed by atoms with Crippen LogP contribution in [0, 0.1) is 5.82 Å². The van der Waals surface area contributed by atoms with Gasteiger partial charge in [-0.25, -0.2) is 9.07 Å². The molecule has 1 atom stereocenters. The normalized spacial score (nSPS) is 12.0. The summed E-state index contributed by atoms with van der Waals surface area (Å²) in [5.41, 5.74) is 2.09. The van der Waals surface area contributed by atoms with Gasteiger partial charge in [0.1, 0.15) is 11.0 Å². The number of hydrogen-bond donors (Lipinski definition) is 1. The predicted molar refractivity (Wildman–Crippen MR) is 99.0 cm³/mol. The number of aromatic nitrogens is 2. The van der Waals surface area contributed by atoms with Gasteiger partial charge in [-0.3, -0.25) is 4.79 Å². The van der Waals surface area contributed by atoms with Crippen LogP contribution in [-0.2, 0) is 4.79 Å². The van der Waals surface area contributed by atoms with Crippen molar-refractivity contribution in [3.63, 3.8) is 0 Å². The van der Waals surface area contributed by atoms with Crippen molar-refractivity contribution >= 4 is 17.4 Å². The smallest absolute Gasteiger partial charge is 0.165 e. The van der Waals surface area contributed by atoms with Crippen molar-refractivity contribution in [2.24, 2.45) is 0 Å². The summed E-state index contributed by atoms with van der Waals surface area (Å²) < 4.78 is 14.8. The van der Waals surface area contributed by atoms with Crippen LogP contribution in [0.5, 0.6) is 0 Å². The van der Waals surface area contributed by atoms with E-state index in [1.165, 1.54) is 16.8 Å². The third kappa shape index (κ3) is 3.31. The van der Waals surface area contributed by atoms with Crippen molar-refractivity contribution in [2.75, 3.05) is 6.61 Å². The molecule has 1 aromatic heterocycles. The van der Waals surface area contributed by atoms with Crippen molar-refractivity contribution in [3.05, 3.63) is 83.8 Å². The van der Waals surface area contributed by atoms with Crippen LogP contribution in [-0.4, -0.2) is 27.3 Å². The van der Waals surface area contributed by atoms with Gasteiger partial charge in [0.25, 0.3) is 0 Å². The molecule has 1 unspecified atom stereocenters. The summed E-state index contributed by atoms with van der Waals surface area (Å²) in [7, 11) is 0. The molecule has 0 spiro atoms. The molecule has 3 rings (SSSR count). The number of carbonyl (C=O) groups is 1. The first kappa shape index (κ1) is 18.0. The number of allylic oxidation sites excluding steroid dienone is 1. The third-order valence-electron chi connectivity index (χ3n) is 4.06. The number of para-hydroxylation sites is 1. The minimum Gasteiger partial charge on any atom is -0.395 e. The Kier molecular flexibility index (Phi) is 5.30. The maximum Gasteiger partial charge on any atom is 0.165 e. The highest BCUT2D eigenvalue weighted by atomic mass is 35.5. The Hall–Kier alpha value is -2.76. The van der Waals surface area contributed by atoms with E-state index in [0.29, 0.717) is 22.5 Å². The summed E-state index contributed by atoms with van der Waals surface area (Å²) in [6.45, 7) is 3.04. The van der Waals surface area contributed by atoms with E-state index in [4.69, 9.17) is 11.6 Å². The lowest BCUT2D eigenvalue weighted by Gasteiger charge is -2.12. The molecular formula is C20H16ClFN2O2. The van der Waals surface area contributed by atoms with Crippen molar-refractivity contribution in [1.82, 2.24) is 9.78 Å². The van der Waals surface area contributed by atoms with Crippen molar-refractivity contribution in [3.8, 4) is 16.9 Å². The fourth-order valence-corrected chi connectivity index (χ4v) is 3.10. The number of carbonyl (C=O) groups excluding carboxylic acids is 1. The third-order valence-corrected chi connectivity index (χ3v) is 4.42. The van der Waals surface area contributed by atoms with Crippen LogP contribution in [0.1, 0.15) is 11.5 Å². The number of halogens is 2. The lowest BCUT2D eigenvalue weighted by molar-refractivity contribution is -0.116. The highest BCUT2D eigenvalue weighted by Crippen LogP contribution is 2.36. The van der Waals surface area contributed by atoms with Crippen LogP contribution < -0.4 is 0 Å². The molecule has 0 radical (unpaired) electrons. The van der Waals surface area contributed by atoms with Gasteiger partial charge in [-0.05, 0) is 42.5 Å². The van der Waals surface area contributed by atoms with E-state index in [1.54, 1.807) is 12.1 Å². The Labute approximate surface area is 155 Å². The van der Waals surface area contributed by atoms with Crippen LogP contribution in [0.25, 0.3) is 16.9 Å². The quantitative estimate of drug-likeness (QED) is 0.663. The van der Waals surface area contributed by atoms with Gasteiger partial charge in [-0.1, -0.05) is 36.4 Å². The number of aliphatic hydroxyl groups excluding tert-OH is 1. The van der Waals surface area contributed by atoms with Crippen molar-refractivity contribution in [2.45, 2.75) is 5.92 Å². The van der Waals surface area contributed by atoms with Crippen LogP contribution in [0.2, 0.25) is 5.15 Å². The molecule has 132 valence electrons. The van der Waals surface area contributed by atoms with E-state index in [2.05, 4.69) is 11.7 Å². The van der Waals surface area contributed by atoms with Crippen LogP contribution in [0.15, 0.2) is 67.3 Å². The number of hydrogen-bond acceptors (Lipinski definition) is 3. The van der Waals surface area contributed by atoms with E-state index in [1.807, 2.05) is 30.3 Å². The Morgan fingerprint density at radius 1 is 1.23 bits per heavy atom. The maximum atomic E-state index is 13.3. The van der Waals surface area contributed by atoms with Gasteiger partial charge in [0.05, 0.1) is 23.9 Å². The largest absolute Gasteiger partial charge is 0.395 e. The van der Waals surface area contributed by atoms with Crippen molar-refractivity contribution in [1.29, 1.82) is 0 Å². The summed E-state index contributed by atoms with van der Waals surface area (Å²) in [6.07, 6.45) is 1.14. The van der Waals surface area contributed by atoms with Crippen LogP contribution >= 0.6 is 11.6 Å². The lowest BCUT2D eigenvalue weighted by Crippen LogP contribution is -2.15. The highest BCUT2D eigenvalue weighted by molar-refractivity contribution is 6.31. The fourth-order valence-electron chi connectivity index (χ4n) is 2.75. The Morgan fingerprint density at radius 3 is 2.46 bits per heavy atom. The first-order valence-electron chi connectivity index (χ1n) is 7.93. The predicted octanol–water partition coefficient (Wildman–Crippen LogP) is 4.16. The van der Waals surface area contributed by atoms with Gasteiger partial charge in [-0.2, -0.15) is 5.10 Å². The Bertz CT molecular complexity index is 936. The monoisotopic (exact) mass is 370 g/mol. The summed E-state index contributed by atoms with van der Waals surface area (Å²) >= 11 is 6.55. The lowest BCUT2D eigenvalue weighted by atomic mass is 9.93. The molecule has 3 aromatic rings. The zero-order valence-electron chi connectivity index (χ0n) is 13.8. The molecule has 1 heterocycles. The minimum absolute atomic E-state index is 0.213. The zero-order chi connectivity index (χ0) is 18.7. The number of aliphatic hydroxyl groups is 1. The molecule has 26 heavy (non-hydrogen) atoms. The van der Waals surface area contributed by atoms with E-state index in [-0.39, 0.29) is 16.8 Å². The molecule has 2 aromatic carbocycles. The topological polar surface area (TPSA) is 55.1 Å². The van der Waals surface area contributed by atoms with Gasteiger partial charge >= 0.3 is 0 Å². The zero-order valence-corrected chi connectivity index (χ0v) is 14.5. The maximum absolute atomic E-state index is 13.3. The van der Waals surface area contributed by atoms with Crippen molar-refractivity contribution < 1.29 is 14.3 Å². The molecular weight excluding hydrogens is 355 g/mol. The molecule has 0 aliphatic rings. The van der Waals surface area contributed by atoms with Crippen LogP contribution in [0.3, 0.4) is 0 Å². The summed E-state index contributed by atoms with van der Waals surface area (Å²) in [6, 6.07) is 14.9. The summed E-state index contributed by atoms with van der Waals surface area (Å²) in [5, 5.41) is 14.5. The Balaban J connectivity index is 2.25. The number of rotatable bonds is 6. The van der Waals surface area contributed by atoms with Crippen LogP contribution in [0.4, 0.5) is 4.39 Å². The second-order valence-corrected chi connectivity index (χ2v) is 6.01. The van der Waals surface area contributed by atoms with Gasteiger partial charge in [0.15, 0.2) is 5.78 Å². The van der Waals surface area contributed by atoms with Gasteiger partial charge < -0.3 is 5.11 Å². The number of ketones is 1. The summed E-state index contributed by atoms with van der Waals surface area (Å²) in [4.78, 5) is 12.2. The fraction of sp³-hybridized carbons (Fsp3) is 0.100. The second-order valence-electron chi connectivity index (χ2n) is 5.65. The average molecular weight is 371 g/mol. The molecule has 0 bridgehead atoms. The molecule has 0 amide bonds. The number of benzene rings is 2. The van der Waals surface area contributed by atoms with E-state index in [0.717, 1.165) is 6.08 Å². The standard InChI is InChI=1S/C20H16ClFN2O2/c1-2-17(26)16(12-25)18-19(13-8-10-14(22)11-9-13)23-24(20(18)21)15-6-4-3-5-7-15/h2-11,16,25H,1,12H2. The second kappa shape index (κ2) is 7.64. The van der Waals surface area contributed by atoms with E-state index < -0.39 is 12.5 Å². The van der Waals surface area contributed by atoms with Gasteiger partial charge in [0, 0.05) is 11.1 Å².